The molecule has 0 saturated carbocycles. The summed E-state index contributed by atoms with van der Waals surface area (Å²) >= 11 is 0. The molecule has 1 heterocycles. The Balaban J connectivity index is 1.61. The summed E-state index contributed by atoms with van der Waals surface area (Å²) in [5.41, 5.74) is 4.03. The van der Waals surface area contributed by atoms with Gasteiger partial charge in [-0.3, -0.25) is 4.79 Å². The van der Waals surface area contributed by atoms with Crippen molar-refractivity contribution < 1.29 is 9.53 Å². The number of hydrogen-bond acceptors (Lipinski definition) is 4. The van der Waals surface area contributed by atoms with E-state index >= 15 is 0 Å². The predicted octanol–water partition coefficient (Wildman–Crippen LogP) is 2.88. The van der Waals surface area contributed by atoms with Crippen LogP contribution < -0.4 is 15.5 Å². The molecule has 0 radical (unpaired) electrons. The van der Waals surface area contributed by atoms with E-state index in [1.807, 2.05) is 49.4 Å². The maximum absolute atomic E-state index is 12.2. The summed E-state index contributed by atoms with van der Waals surface area (Å²) in [7, 11) is 0. The smallest absolute Gasteiger partial charge is 0.243 e. The van der Waals surface area contributed by atoms with Crippen molar-refractivity contribution in [3.63, 3.8) is 0 Å². The minimum Gasteiger partial charge on any atom is -0.378 e. The van der Waals surface area contributed by atoms with Crippen molar-refractivity contribution in [1.82, 2.24) is 0 Å². The van der Waals surface area contributed by atoms with E-state index in [1.165, 1.54) is 0 Å². The average Bonchev–Trinajstić information content (AvgIpc) is 2.61. The Kier molecular flexibility index (Phi) is 5.33. The van der Waals surface area contributed by atoms with Crippen molar-refractivity contribution in [2.75, 3.05) is 48.4 Å². The number of benzene rings is 2. The Morgan fingerprint density at radius 2 is 1.92 bits per heavy atom. The lowest BCUT2D eigenvalue weighted by Gasteiger charge is -2.30. The fourth-order valence-corrected chi connectivity index (χ4v) is 2.81. The first-order chi connectivity index (χ1) is 11.7. The van der Waals surface area contributed by atoms with Crippen molar-refractivity contribution in [2.45, 2.75) is 6.92 Å². The van der Waals surface area contributed by atoms with Gasteiger partial charge >= 0.3 is 0 Å². The van der Waals surface area contributed by atoms with Crippen LogP contribution in [0.4, 0.5) is 17.1 Å². The summed E-state index contributed by atoms with van der Waals surface area (Å²) in [6.45, 7) is 5.45. The van der Waals surface area contributed by atoms with Gasteiger partial charge in [0.25, 0.3) is 0 Å². The molecule has 0 spiro atoms. The highest BCUT2D eigenvalue weighted by Gasteiger charge is 2.14. The van der Waals surface area contributed by atoms with E-state index in [1.54, 1.807) is 0 Å². The topological polar surface area (TPSA) is 53.6 Å². The second kappa shape index (κ2) is 7.84. The van der Waals surface area contributed by atoms with Crippen LogP contribution in [0.3, 0.4) is 0 Å². The molecule has 0 unspecified atom stereocenters. The summed E-state index contributed by atoms with van der Waals surface area (Å²) < 4.78 is 5.41. The first-order valence-electron chi connectivity index (χ1n) is 8.24. The van der Waals surface area contributed by atoms with Crippen LogP contribution in [0.5, 0.6) is 0 Å². The van der Waals surface area contributed by atoms with E-state index in [-0.39, 0.29) is 12.5 Å². The Morgan fingerprint density at radius 1 is 1.12 bits per heavy atom. The summed E-state index contributed by atoms with van der Waals surface area (Å²) in [6.07, 6.45) is 0. The van der Waals surface area contributed by atoms with E-state index in [4.69, 9.17) is 4.74 Å². The minimum atomic E-state index is -0.0580. The lowest BCUT2D eigenvalue weighted by molar-refractivity contribution is -0.114. The number of anilines is 3. The number of para-hydroxylation sites is 2. The van der Waals surface area contributed by atoms with Gasteiger partial charge in [0.05, 0.1) is 31.1 Å². The molecule has 2 aromatic carbocycles. The van der Waals surface area contributed by atoms with Crippen molar-refractivity contribution >= 4 is 23.0 Å². The molecule has 5 nitrogen and oxygen atoms in total. The fourth-order valence-electron chi connectivity index (χ4n) is 2.81. The molecule has 1 amide bonds. The van der Waals surface area contributed by atoms with Gasteiger partial charge in [0.1, 0.15) is 0 Å². The summed E-state index contributed by atoms with van der Waals surface area (Å²) in [6, 6.07) is 15.9. The van der Waals surface area contributed by atoms with Crippen LogP contribution >= 0.6 is 0 Å². The number of nitrogens with zero attached hydrogens (tertiary/aromatic N) is 1. The van der Waals surface area contributed by atoms with Gasteiger partial charge in [0.2, 0.25) is 5.91 Å². The van der Waals surface area contributed by atoms with Crippen LogP contribution in [0, 0.1) is 6.92 Å². The van der Waals surface area contributed by atoms with Gasteiger partial charge < -0.3 is 20.3 Å². The minimum absolute atomic E-state index is 0.0580. The first kappa shape index (κ1) is 16.3. The highest BCUT2D eigenvalue weighted by Crippen LogP contribution is 2.26. The quantitative estimate of drug-likeness (QED) is 0.887. The van der Waals surface area contributed by atoms with Gasteiger partial charge in [0, 0.05) is 18.8 Å². The summed E-state index contributed by atoms with van der Waals surface area (Å²) in [5, 5.41) is 6.17. The Labute approximate surface area is 142 Å². The van der Waals surface area contributed by atoms with Crippen molar-refractivity contribution in [2.24, 2.45) is 0 Å². The number of hydrogen-bond donors (Lipinski definition) is 2. The van der Waals surface area contributed by atoms with Crippen LogP contribution in [0.15, 0.2) is 48.5 Å². The molecular weight excluding hydrogens is 302 g/mol. The maximum atomic E-state index is 12.2. The van der Waals surface area contributed by atoms with Gasteiger partial charge in [-0.2, -0.15) is 0 Å². The Bertz CT molecular complexity index is 697. The number of morpholine rings is 1. The third kappa shape index (κ3) is 4.26. The average molecular weight is 325 g/mol. The molecule has 0 bridgehead atoms. The third-order valence-electron chi connectivity index (χ3n) is 4.00. The lowest BCUT2D eigenvalue weighted by atomic mass is 10.2. The number of nitrogens with one attached hydrogen (secondary N) is 2. The molecule has 126 valence electrons. The predicted molar refractivity (Wildman–Crippen MR) is 97.8 cm³/mol. The zero-order valence-corrected chi connectivity index (χ0v) is 13.9. The molecule has 0 aliphatic carbocycles. The highest BCUT2D eigenvalue weighted by atomic mass is 16.5. The third-order valence-corrected chi connectivity index (χ3v) is 4.00. The van der Waals surface area contributed by atoms with Crippen LogP contribution in [0.2, 0.25) is 0 Å². The molecule has 1 aliphatic rings. The molecule has 2 N–H and O–H groups in total. The van der Waals surface area contributed by atoms with Crippen molar-refractivity contribution in [3.8, 4) is 0 Å². The van der Waals surface area contributed by atoms with Gasteiger partial charge in [-0.05, 0) is 36.8 Å². The molecular formula is C19H23N3O2. The summed E-state index contributed by atoms with van der Waals surface area (Å²) in [4.78, 5) is 14.5. The largest absolute Gasteiger partial charge is 0.378 e. The molecule has 24 heavy (non-hydrogen) atoms. The maximum Gasteiger partial charge on any atom is 0.243 e. The number of carbonyl (C=O) groups excluding carboxylic acids is 1. The fraction of sp³-hybridized carbons (Fsp3) is 0.316. The van der Waals surface area contributed by atoms with Crippen LogP contribution in [0.25, 0.3) is 0 Å². The second-order valence-electron chi connectivity index (χ2n) is 5.89. The van der Waals surface area contributed by atoms with E-state index in [2.05, 4.69) is 21.6 Å². The SMILES string of the molecule is Cc1cccc(NC(=O)CNc2ccccc2N2CCOCC2)c1. The van der Waals surface area contributed by atoms with Gasteiger partial charge in [-0.25, -0.2) is 0 Å². The monoisotopic (exact) mass is 325 g/mol. The molecule has 0 aromatic heterocycles. The van der Waals surface area contributed by atoms with E-state index in [9.17, 15) is 4.79 Å². The Hall–Kier alpha value is -2.53. The van der Waals surface area contributed by atoms with E-state index in [0.29, 0.717) is 0 Å². The molecule has 1 saturated heterocycles. The number of amides is 1. The Morgan fingerprint density at radius 3 is 2.71 bits per heavy atom. The highest BCUT2D eigenvalue weighted by molar-refractivity contribution is 5.94. The number of carbonyl (C=O) groups is 1. The molecule has 1 fully saturated rings. The van der Waals surface area contributed by atoms with Crippen molar-refractivity contribution in [3.05, 3.63) is 54.1 Å². The summed E-state index contributed by atoms with van der Waals surface area (Å²) in [5.74, 6) is -0.0580. The van der Waals surface area contributed by atoms with Gasteiger partial charge in [-0.1, -0.05) is 24.3 Å². The second-order valence-corrected chi connectivity index (χ2v) is 5.89. The molecule has 2 aromatic rings. The zero-order valence-electron chi connectivity index (χ0n) is 13.9. The number of rotatable bonds is 5. The molecule has 0 atom stereocenters. The molecule has 3 rings (SSSR count). The van der Waals surface area contributed by atoms with Gasteiger partial charge in [-0.15, -0.1) is 0 Å². The van der Waals surface area contributed by atoms with E-state index < -0.39 is 0 Å². The molecule has 5 heteroatoms. The van der Waals surface area contributed by atoms with Gasteiger partial charge in [0.15, 0.2) is 0 Å². The normalized spacial score (nSPS) is 14.3. The number of ether oxygens (including phenoxy) is 1. The van der Waals surface area contributed by atoms with Crippen LogP contribution in [-0.4, -0.2) is 38.8 Å². The number of aryl methyl sites for hydroxylation is 1. The van der Waals surface area contributed by atoms with Crippen LogP contribution in [0.1, 0.15) is 5.56 Å². The van der Waals surface area contributed by atoms with E-state index in [0.717, 1.165) is 48.9 Å². The van der Waals surface area contributed by atoms with Crippen molar-refractivity contribution in [1.29, 1.82) is 0 Å². The first-order valence-corrected chi connectivity index (χ1v) is 8.24. The van der Waals surface area contributed by atoms with Crippen LogP contribution in [-0.2, 0) is 9.53 Å². The lowest BCUT2D eigenvalue weighted by Crippen LogP contribution is -2.36. The zero-order chi connectivity index (χ0) is 16.8. The molecule has 1 aliphatic heterocycles. The standard InChI is InChI=1S/C19H23N3O2/c1-15-5-4-6-16(13-15)21-19(23)14-20-17-7-2-3-8-18(17)22-9-11-24-12-10-22/h2-8,13,20H,9-12,14H2,1H3,(H,21,23).